The lowest BCUT2D eigenvalue weighted by Crippen LogP contribution is -2.51. The van der Waals surface area contributed by atoms with Crippen LogP contribution in [0.15, 0.2) is 54.6 Å². The highest BCUT2D eigenvalue weighted by atomic mass is 16.5. The molecule has 2 amide bonds. The van der Waals surface area contributed by atoms with Crippen LogP contribution in [0.4, 0.5) is 5.69 Å². The Balaban J connectivity index is 1.82. The Morgan fingerprint density at radius 3 is 2.29 bits per heavy atom. The van der Waals surface area contributed by atoms with E-state index in [2.05, 4.69) is 10.2 Å². The van der Waals surface area contributed by atoms with E-state index >= 15 is 0 Å². The van der Waals surface area contributed by atoms with Gasteiger partial charge in [-0.1, -0.05) is 42.5 Å². The Morgan fingerprint density at radius 2 is 1.64 bits per heavy atom. The third-order valence-corrected chi connectivity index (χ3v) is 4.93. The van der Waals surface area contributed by atoms with Crippen molar-refractivity contribution in [3.63, 3.8) is 0 Å². The van der Waals surface area contributed by atoms with E-state index in [4.69, 9.17) is 4.74 Å². The number of carbonyl (C=O) groups excluding carboxylic acids is 2. The van der Waals surface area contributed by atoms with Crippen molar-refractivity contribution in [1.82, 2.24) is 9.80 Å². The first-order chi connectivity index (χ1) is 13.6. The molecule has 0 spiro atoms. The normalized spacial score (nSPS) is 15.7. The third-order valence-electron chi connectivity index (χ3n) is 4.93. The summed E-state index contributed by atoms with van der Waals surface area (Å²) in [6, 6.07) is 16.8. The lowest BCUT2D eigenvalue weighted by atomic mass is 10.0. The fourth-order valence-electron chi connectivity index (χ4n) is 3.51. The Morgan fingerprint density at radius 1 is 1.00 bits per heavy atom. The van der Waals surface area contributed by atoms with Crippen LogP contribution in [-0.4, -0.2) is 54.4 Å². The van der Waals surface area contributed by atoms with Gasteiger partial charge in [0.1, 0.15) is 11.8 Å². The molecule has 2 aromatic rings. The summed E-state index contributed by atoms with van der Waals surface area (Å²) < 4.78 is 5.64. The topological polar surface area (TPSA) is 61.9 Å². The van der Waals surface area contributed by atoms with Crippen molar-refractivity contribution in [2.75, 3.05) is 38.1 Å². The molecule has 0 aromatic heterocycles. The Labute approximate surface area is 166 Å². The second kappa shape index (κ2) is 9.37. The van der Waals surface area contributed by atoms with Gasteiger partial charge in [0.15, 0.2) is 0 Å². The molecular formula is C22H27N3O3. The number of carbonyl (C=O) groups is 2. The summed E-state index contributed by atoms with van der Waals surface area (Å²) >= 11 is 0. The van der Waals surface area contributed by atoms with Crippen LogP contribution in [0.3, 0.4) is 0 Å². The molecule has 6 heteroatoms. The van der Waals surface area contributed by atoms with Gasteiger partial charge in [-0.25, -0.2) is 0 Å². The van der Waals surface area contributed by atoms with Crippen molar-refractivity contribution in [3.05, 3.63) is 60.2 Å². The number of hydrogen-bond acceptors (Lipinski definition) is 4. The molecular weight excluding hydrogens is 354 g/mol. The average molecular weight is 381 g/mol. The van der Waals surface area contributed by atoms with Gasteiger partial charge in [0, 0.05) is 33.1 Å². The van der Waals surface area contributed by atoms with Crippen LogP contribution < -0.4 is 10.1 Å². The number of hydrogen-bond donors (Lipinski definition) is 1. The number of para-hydroxylation sites is 2. The van der Waals surface area contributed by atoms with Gasteiger partial charge in [-0.2, -0.15) is 0 Å². The van der Waals surface area contributed by atoms with Gasteiger partial charge in [0.05, 0.1) is 12.3 Å². The minimum atomic E-state index is -0.426. The first kappa shape index (κ1) is 19.9. The van der Waals surface area contributed by atoms with Crippen molar-refractivity contribution in [1.29, 1.82) is 0 Å². The quantitative estimate of drug-likeness (QED) is 0.836. The van der Waals surface area contributed by atoms with Crippen molar-refractivity contribution in [2.24, 2.45) is 0 Å². The Bertz CT molecular complexity index is 802. The van der Waals surface area contributed by atoms with Crippen LogP contribution in [0.25, 0.3) is 0 Å². The summed E-state index contributed by atoms with van der Waals surface area (Å²) in [5.74, 6) is 0.632. The monoisotopic (exact) mass is 381 g/mol. The fraction of sp³-hybridized carbons (Fsp3) is 0.364. The van der Waals surface area contributed by atoms with Crippen molar-refractivity contribution in [2.45, 2.75) is 19.9 Å². The summed E-state index contributed by atoms with van der Waals surface area (Å²) in [4.78, 5) is 28.9. The molecule has 1 unspecified atom stereocenters. The molecule has 28 heavy (non-hydrogen) atoms. The minimum Gasteiger partial charge on any atom is -0.492 e. The van der Waals surface area contributed by atoms with Gasteiger partial charge in [-0.3, -0.25) is 14.5 Å². The third kappa shape index (κ3) is 4.70. The molecule has 2 aromatic carbocycles. The zero-order chi connectivity index (χ0) is 19.9. The van der Waals surface area contributed by atoms with E-state index in [-0.39, 0.29) is 11.8 Å². The number of amides is 2. The minimum absolute atomic E-state index is 0.0750. The summed E-state index contributed by atoms with van der Waals surface area (Å²) in [5, 5.41) is 3.04. The second-order valence-corrected chi connectivity index (χ2v) is 6.77. The van der Waals surface area contributed by atoms with Crippen LogP contribution in [0.1, 0.15) is 25.5 Å². The van der Waals surface area contributed by atoms with Gasteiger partial charge in [-0.15, -0.1) is 0 Å². The highest BCUT2D eigenvalue weighted by molar-refractivity contribution is 5.96. The largest absolute Gasteiger partial charge is 0.492 e. The average Bonchev–Trinajstić information content (AvgIpc) is 2.71. The van der Waals surface area contributed by atoms with E-state index in [9.17, 15) is 9.59 Å². The number of piperazine rings is 1. The molecule has 0 saturated carbocycles. The number of rotatable bonds is 6. The molecule has 1 atom stereocenters. The molecule has 1 aliphatic heterocycles. The van der Waals surface area contributed by atoms with E-state index in [1.54, 1.807) is 6.92 Å². The van der Waals surface area contributed by atoms with Crippen LogP contribution in [0, 0.1) is 0 Å². The van der Waals surface area contributed by atoms with Gasteiger partial charge in [-0.05, 0) is 24.6 Å². The molecule has 1 aliphatic rings. The van der Waals surface area contributed by atoms with Crippen LogP contribution in [-0.2, 0) is 9.59 Å². The Hall–Kier alpha value is -2.86. The van der Waals surface area contributed by atoms with Crippen LogP contribution >= 0.6 is 0 Å². The lowest BCUT2D eigenvalue weighted by molar-refractivity contribution is -0.131. The zero-order valence-electron chi connectivity index (χ0n) is 16.4. The molecule has 6 nitrogen and oxygen atoms in total. The summed E-state index contributed by atoms with van der Waals surface area (Å²) in [5.41, 5.74) is 1.60. The molecule has 148 valence electrons. The second-order valence-electron chi connectivity index (χ2n) is 6.77. The van der Waals surface area contributed by atoms with Crippen molar-refractivity contribution in [3.8, 4) is 5.75 Å². The molecule has 0 radical (unpaired) electrons. The van der Waals surface area contributed by atoms with Crippen LogP contribution in [0.5, 0.6) is 5.75 Å². The van der Waals surface area contributed by atoms with E-state index in [1.165, 1.54) is 0 Å². The Kier molecular flexibility index (Phi) is 6.66. The van der Waals surface area contributed by atoms with Gasteiger partial charge >= 0.3 is 0 Å². The summed E-state index contributed by atoms with van der Waals surface area (Å²) in [6.07, 6.45) is 0. The fourth-order valence-corrected chi connectivity index (χ4v) is 3.51. The number of ether oxygens (including phenoxy) is 1. The highest BCUT2D eigenvalue weighted by Gasteiger charge is 2.31. The summed E-state index contributed by atoms with van der Waals surface area (Å²) in [7, 11) is 0. The lowest BCUT2D eigenvalue weighted by Gasteiger charge is -2.38. The first-order valence-corrected chi connectivity index (χ1v) is 9.67. The zero-order valence-corrected chi connectivity index (χ0v) is 16.4. The maximum Gasteiger partial charge on any atom is 0.246 e. The maximum absolute atomic E-state index is 13.3. The SMILES string of the molecule is CCOc1ccccc1NC(=O)C(c1ccccc1)N1CCN(C(C)=O)CC1. The predicted octanol–water partition coefficient (Wildman–Crippen LogP) is 2.93. The number of nitrogens with zero attached hydrogens (tertiary/aromatic N) is 2. The van der Waals surface area contributed by atoms with Gasteiger partial charge in [0.2, 0.25) is 11.8 Å². The smallest absolute Gasteiger partial charge is 0.246 e. The van der Waals surface area contributed by atoms with E-state index in [1.807, 2.05) is 66.4 Å². The summed E-state index contributed by atoms with van der Waals surface area (Å²) in [6.45, 7) is 6.59. The van der Waals surface area contributed by atoms with E-state index < -0.39 is 6.04 Å². The molecule has 1 heterocycles. The highest BCUT2D eigenvalue weighted by Crippen LogP contribution is 2.28. The molecule has 0 aliphatic carbocycles. The molecule has 1 fully saturated rings. The van der Waals surface area contributed by atoms with Crippen molar-refractivity contribution >= 4 is 17.5 Å². The standard InChI is InChI=1S/C22H27N3O3/c1-3-28-20-12-8-7-11-19(20)23-22(27)21(18-9-5-4-6-10-18)25-15-13-24(14-16-25)17(2)26/h4-12,21H,3,13-16H2,1-2H3,(H,23,27). The number of benzene rings is 2. The molecule has 3 rings (SSSR count). The molecule has 1 saturated heterocycles. The van der Waals surface area contributed by atoms with Crippen molar-refractivity contribution < 1.29 is 14.3 Å². The number of anilines is 1. The van der Waals surface area contributed by atoms with Crippen LogP contribution in [0.2, 0.25) is 0 Å². The van der Waals surface area contributed by atoms with E-state index in [0.29, 0.717) is 44.2 Å². The number of nitrogens with one attached hydrogen (secondary N) is 1. The molecule has 0 bridgehead atoms. The predicted molar refractivity (Wildman–Crippen MR) is 109 cm³/mol. The maximum atomic E-state index is 13.3. The van der Waals surface area contributed by atoms with Gasteiger partial charge in [0.25, 0.3) is 0 Å². The van der Waals surface area contributed by atoms with Gasteiger partial charge < -0.3 is 15.0 Å². The first-order valence-electron chi connectivity index (χ1n) is 9.67. The molecule has 1 N–H and O–H groups in total. The van der Waals surface area contributed by atoms with E-state index in [0.717, 1.165) is 5.56 Å².